The molecule has 0 aromatic heterocycles. The van der Waals surface area contributed by atoms with Crippen LogP contribution in [0.2, 0.25) is 0 Å². The highest BCUT2D eigenvalue weighted by Gasteiger charge is 2.28. The molecule has 0 aliphatic heterocycles. The molecule has 0 saturated heterocycles. The summed E-state index contributed by atoms with van der Waals surface area (Å²) in [5.74, 6) is 0.814. The van der Waals surface area contributed by atoms with Gasteiger partial charge in [-0.05, 0) is 49.1 Å². The first-order valence-electron chi connectivity index (χ1n) is 8.97. The number of fused-ring (bicyclic) bond motifs is 1. The van der Waals surface area contributed by atoms with E-state index in [1.165, 1.54) is 44.1 Å². The Morgan fingerprint density at radius 3 is 2.83 bits per heavy atom. The van der Waals surface area contributed by atoms with Crippen LogP contribution in [0.1, 0.15) is 44.1 Å². The average Bonchev–Trinajstić information content (AvgIpc) is 2.62. The Hall–Kier alpha value is -2.03. The van der Waals surface area contributed by atoms with E-state index in [0.29, 0.717) is 18.3 Å². The maximum Gasteiger partial charge on any atom is 0.0288 e. The maximum atomic E-state index is 8.67. The molecule has 126 valence electrons. The van der Waals surface area contributed by atoms with E-state index in [0.717, 1.165) is 12.5 Å². The first kappa shape index (κ1) is 16.8. The van der Waals surface area contributed by atoms with Crippen LogP contribution in [-0.4, -0.2) is 17.5 Å². The zero-order valence-electron chi connectivity index (χ0n) is 14.3. The minimum absolute atomic E-state index is 0.417. The van der Waals surface area contributed by atoms with Gasteiger partial charge in [0.05, 0.1) is 0 Å². The van der Waals surface area contributed by atoms with Crippen LogP contribution in [0.15, 0.2) is 59.4 Å². The fourth-order valence-corrected chi connectivity index (χ4v) is 4.09. The Balaban J connectivity index is 1.78. The molecule has 24 heavy (non-hydrogen) atoms. The van der Waals surface area contributed by atoms with Crippen molar-refractivity contribution >= 4 is 0 Å². The second-order valence-electron chi connectivity index (χ2n) is 6.98. The molecule has 0 spiro atoms. The highest BCUT2D eigenvalue weighted by molar-refractivity contribution is 5.19. The Morgan fingerprint density at radius 2 is 2.04 bits per heavy atom. The number of allylic oxidation sites excluding steroid dienone is 1. The standard InChI is InChI=1S/C20H26N4/c1-16(22-23-21)14-24(15-17-7-3-2-4-8-17)20-12-11-18-9-5-6-10-19(18)13-20/h2-4,7-8,13,18,20H,1,5-6,9-12,14-15H2/t18-,20-/m0/s1. The molecule has 2 aliphatic carbocycles. The van der Waals surface area contributed by atoms with Crippen molar-refractivity contribution in [2.24, 2.45) is 11.0 Å². The normalized spacial score (nSPS) is 23.1. The average molecular weight is 322 g/mol. The van der Waals surface area contributed by atoms with Crippen LogP contribution in [0.3, 0.4) is 0 Å². The van der Waals surface area contributed by atoms with Gasteiger partial charge in [-0.25, -0.2) is 0 Å². The summed E-state index contributed by atoms with van der Waals surface area (Å²) in [5, 5.41) is 3.71. The van der Waals surface area contributed by atoms with Crippen molar-refractivity contribution in [2.45, 2.75) is 51.1 Å². The number of nitrogens with zero attached hydrogens (tertiary/aromatic N) is 4. The fraction of sp³-hybridized carbons (Fsp3) is 0.500. The zero-order chi connectivity index (χ0) is 16.8. The Bertz CT molecular complexity index is 643. The van der Waals surface area contributed by atoms with Crippen LogP contribution in [0.4, 0.5) is 0 Å². The van der Waals surface area contributed by atoms with Gasteiger partial charge in [-0.2, -0.15) is 0 Å². The molecular formula is C20H26N4. The zero-order valence-corrected chi connectivity index (χ0v) is 14.3. The molecule has 2 atom stereocenters. The summed E-state index contributed by atoms with van der Waals surface area (Å²) in [4.78, 5) is 5.30. The highest BCUT2D eigenvalue weighted by atomic mass is 15.2. The Kier molecular flexibility index (Phi) is 5.73. The molecule has 0 amide bonds. The molecule has 1 fully saturated rings. The first-order valence-corrected chi connectivity index (χ1v) is 8.97. The molecular weight excluding hydrogens is 296 g/mol. The second kappa shape index (κ2) is 8.18. The summed E-state index contributed by atoms with van der Waals surface area (Å²) in [5.41, 5.74) is 12.2. The third-order valence-electron chi connectivity index (χ3n) is 5.28. The van der Waals surface area contributed by atoms with Gasteiger partial charge >= 0.3 is 0 Å². The fourth-order valence-electron chi connectivity index (χ4n) is 4.09. The number of benzene rings is 1. The Labute approximate surface area is 144 Å². The van der Waals surface area contributed by atoms with Crippen molar-refractivity contribution in [3.63, 3.8) is 0 Å². The summed E-state index contributed by atoms with van der Waals surface area (Å²) >= 11 is 0. The molecule has 0 radical (unpaired) electrons. The molecule has 0 N–H and O–H groups in total. The van der Waals surface area contributed by atoms with E-state index in [1.54, 1.807) is 5.57 Å². The number of azide groups is 1. The summed E-state index contributed by atoms with van der Waals surface area (Å²) in [6.07, 6.45) is 10.3. The lowest BCUT2D eigenvalue weighted by molar-refractivity contribution is 0.204. The lowest BCUT2D eigenvalue weighted by Crippen LogP contribution is -2.37. The lowest BCUT2D eigenvalue weighted by Gasteiger charge is -2.38. The molecule has 2 aliphatic rings. The largest absolute Gasteiger partial charge is 0.289 e. The van der Waals surface area contributed by atoms with E-state index >= 15 is 0 Å². The lowest BCUT2D eigenvalue weighted by atomic mass is 9.76. The van der Waals surface area contributed by atoms with Crippen LogP contribution in [0, 0.1) is 5.92 Å². The second-order valence-corrected chi connectivity index (χ2v) is 6.98. The maximum absolute atomic E-state index is 8.67. The van der Waals surface area contributed by atoms with E-state index in [9.17, 15) is 0 Å². The van der Waals surface area contributed by atoms with Gasteiger partial charge in [0, 0.05) is 29.7 Å². The predicted octanol–water partition coefficient (Wildman–Crippen LogP) is 5.59. The third-order valence-corrected chi connectivity index (χ3v) is 5.28. The van der Waals surface area contributed by atoms with Gasteiger partial charge < -0.3 is 0 Å². The molecule has 3 rings (SSSR count). The van der Waals surface area contributed by atoms with Gasteiger partial charge in [-0.15, -0.1) is 0 Å². The SMILES string of the molecule is C=C(CN(Cc1ccccc1)[C@@H]1C=C2CCCC[C@H]2CC1)N=[N+]=[N-]. The van der Waals surface area contributed by atoms with Gasteiger partial charge in [-0.3, -0.25) is 4.90 Å². The van der Waals surface area contributed by atoms with E-state index in [4.69, 9.17) is 5.53 Å². The summed E-state index contributed by atoms with van der Waals surface area (Å²) in [6, 6.07) is 10.9. The summed E-state index contributed by atoms with van der Waals surface area (Å²) in [7, 11) is 0. The predicted molar refractivity (Wildman–Crippen MR) is 98.2 cm³/mol. The van der Waals surface area contributed by atoms with Crippen molar-refractivity contribution in [3.8, 4) is 0 Å². The minimum atomic E-state index is 0.417. The number of rotatable bonds is 6. The van der Waals surface area contributed by atoms with Crippen molar-refractivity contribution in [2.75, 3.05) is 6.54 Å². The topological polar surface area (TPSA) is 52.0 Å². The van der Waals surface area contributed by atoms with E-state index in [1.807, 2.05) is 6.07 Å². The monoisotopic (exact) mass is 322 g/mol. The van der Waals surface area contributed by atoms with Crippen LogP contribution >= 0.6 is 0 Å². The van der Waals surface area contributed by atoms with Crippen LogP contribution in [0.5, 0.6) is 0 Å². The van der Waals surface area contributed by atoms with Gasteiger partial charge in [-0.1, -0.05) is 60.1 Å². The summed E-state index contributed by atoms with van der Waals surface area (Å²) in [6.45, 7) is 5.40. The van der Waals surface area contributed by atoms with Crippen molar-refractivity contribution < 1.29 is 0 Å². The van der Waals surface area contributed by atoms with Gasteiger partial charge in [0.2, 0.25) is 0 Å². The highest BCUT2D eigenvalue weighted by Crippen LogP contribution is 2.38. The van der Waals surface area contributed by atoms with Crippen LogP contribution in [0.25, 0.3) is 10.4 Å². The smallest absolute Gasteiger partial charge is 0.0288 e. The quantitative estimate of drug-likeness (QED) is 0.291. The van der Waals surface area contributed by atoms with Gasteiger partial charge in [0.25, 0.3) is 0 Å². The minimum Gasteiger partial charge on any atom is -0.289 e. The molecule has 1 aromatic carbocycles. The van der Waals surface area contributed by atoms with Gasteiger partial charge in [0.1, 0.15) is 0 Å². The molecule has 4 heteroatoms. The third kappa shape index (κ3) is 4.28. The number of hydrogen-bond acceptors (Lipinski definition) is 2. The van der Waals surface area contributed by atoms with E-state index in [2.05, 4.69) is 51.8 Å². The molecule has 4 nitrogen and oxygen atoms in total. The van der Waals surface area contributed by atoms with Crippen LogP contribution in [-0.2, 0) is 6.54 Å². The molecule has 0 unspecified atom stereocenters. The van der Waals surface area contributed by atoms with Crippen LogP contribution < -0.4 is 0 Å². The molecule has 0 bridgehead atoms. The summed E-state index contributed by atoms with van der Waals surface area (Å²) < 4.78 is 0. The number of hydrogen-bond donors (Lipinski definition) is 0. The van der Waals surface area contributed by atoms with E-state index in [-0.39, 0.29) is 0 Å². The molecule has 1 aromatic rings. The van der Waals surface area contributed by atoms with Crippen molar-refractivity contribution in [3.05, 3.63) is 70.3 Å². The Morgan fingerprint density at radius 1 is 1.21 bits per heavy atom. The van der Waals surface area contributed by atoms with Gasteiger partial charge in [0.15, 0.2) is 0 Å². The molecule has 0 heterocycles. The first-order chi connectivity index (χ1) is 11.8. The molecule has 1 saturated carbocycles. The van der Waals surface area contributed by atoms with Crippen molar-refractivity contribution in [1.82, 2.24) is 4.90 Å². The van der Waals surface area contributed by atoms with E-state index < -0.39 is 0 Å². The van der Waals surface area contributed by atoms with Crippen molar-refractivity contribution in [1.29, 1.82) is 0 Å².